The first-order valence-corrected chi connectivity index (χ1v) is 17.6. The fraction of sp³-hybridized carbons (Fsp3) is 0. The van der Waals surface area contributed by atoms with Crippen molar-refractivity contribution in [2.24, 2.45) is 0 Å². The van der Waals surface area contributed by atoms with Crippen molar-refractivity contribution >= 4 is 80.1 Å². The zero-order chi connectivity index (χ0) is 32.9. The zero-order valence-corrected chi connectivity index (χ0v) is 27.7. The van der Waals surface area contributed by atoms with Gasteiger partial charge in [-0.15, -0.1) is 22.7 Å². The summed E-state index contributed by atoms with van der Waals surface area (Å²) in [7, 11) is 0. The molecule has 0 saturated carbocycles. The first-order chi connectivity index (χ1) is 24.2. The van der Waals surface area contributed by atoms with Crippen LogP contribution in [0.3, 0.4) is 0 Å². The number of rotatable bonds is 5. The number of benzene rings is 7. The van der Waals surface area contributed by atoms with Crippen molar-refractivity contribution in [3.63, 3.8) is 0 Å². The minimum atomic E-state index is 0.353. The molecule has 0 aliphatic rings. The van der Waals surface area contributed by atoms with Gasteiger partial charge in [-0.05, 0) is 101 Å². The van der Waals surface area contributed by atoms with Gasteiger partial charge in [-0.2, -0.15) is 10.5 Å². The Balaban J connectivity index is 1.11. The summed E-state index contributed by atoms with van der Waals surface area (Å²) < 4.78 is 5.17. The first-order valence-electron chi connectivity index (χ1n) is 15.9. The Labute approximate surface area is 291 Å². The molecule has 228 valence electrons. The second-order valence-electron chi connectivity index (χ2n) is 12.0. The van der Waals surface area contributed by atoms with Crippen molar-refractivity contribution in [1.82, 2.24) is 0 Å². The van der Waals surface area contributed by atoms with Gasteiger partial charge in [0.15, 0.2) is 0 Å². The van der Waals surface area contributed by atoms with E-state index in [9.17, 15) is 10.5 Å². The van der Waals surface area contributed by atoms with E-state index in [0.29, 0.717) is 11.1 Å². The highest BCUT2D eigenvalue weighted by Crippen LogP contribution is 2.41. The lowest BCUT2D eigenvalue weighted by Gasteiger charge is -2.26. The normalized spacial score (nSPS) is 11.2. The van der Waals surface area contributed by atoms with E-state index in [0.717, 1.165) is 28.2 Å². The van der Waals surface area contributed by atoms with E-state index in [1.807, 2.05) is 28.7 Å². The number of hydrogen-bond acceptors (Lipinski definition) is 5. The molecular formula is C44H25N3S2. The number of thiophene rings is 2. The lowest BCUT2D eigenvalue weighted by molar-refractivity contribution is 1.27. The van der Waals surface area contributed by atoms with Gasteiger partial charge in [0.1, 0.15) is 12.1 Å². The van der Waals surface area contributed by atoms with Crippen LogP contribution in [0.4, 0.5) is 17.1 Å². The molecule has 49 heavy (non-hydrogen) atoms. The van der Waals surface area contributed by atoms with E-state index < -0.39 is 0 Å². The summed E-state index contributed by atoms with van der Waals surface area (Å²) in [6.45, 7) is 0. The zero-order valence-electron chi connectivity index (χ0n) is 26.1. The predicted octanol–water partition coefficient (Wildman–Crippen LogP) is 13.0. The molecule has 0 unspecified atom stereocenters. The Hall–Kier alpha value is -6.24. The standard InChI is InChI=1S/C44H25N3S2/c45-26-32-13-20-36(23-33(32)27-46)47(34-16-9-28(10-17-34)30-14-21-43-39(24-30)37-5-1-3-7-41(37)48-43)35-18-11-29(12-19-35)31-15-22-44-40(25-31)38-6-2-4-8-42(38)49-44/h1-25H. The largest absolute Gasteiger partial charge is 0.310 e. The third-order valence-corrected chi connectivity index (χ3v) is 11.5. The maximum atomic E-state index is 9.86. The van der Waals surface area contributed by atoms with E-state index in [-0.39, 0.29) is 0 Å². The third-order valence-electron chi connectivity index (χ3n) is 9.17. The fourth-order valence-electron chi connectivity index (χ4n) is 6.73. The third kappa shape index (κ3) is 5.01. The Bertz CT molecular complexity index is 2640. The number of anilines is 3. The van der Waals surface area contributed by atoms with Crippen molar-refractivity contribution in [3.05, 3.63) is 163 Å². The van der Waals surface area contributed by atoms with Crippen LogP contribution in [0.25, 0.3) is 62.6 Å². The number of nitrogens with zero attached hydrogens (tertiary/aromatic N) is 3. The van der Waals surface area contributed by atoms with E-state index in [4.69, 9.17) is 0 Å². The van der Waals surface area contributed by atoms with Crippen molar-refractivity contribution in [2.45, 2.75) is 0 Å². The smallest absolute Gasteiger partial charge is 0.101 e. The minimum absolute atomic E-state index is 0.353. The van der Waals surface area contributed by atoms with Gasteiger partial charge in [-0.3, -0.25) is 0 Å². The number of nitriles is 2. The fourth-order valence-corrected chi connectivity index (χ4v) is 8.90. The number of fused-ring (bicyclic) bond motifs is 6. The van der Waals surface area contributed by atoms with Crippen LogP contribution < -0.4 is 4.90 Å². The van der Waals surface area contributed by atoms with Crippen LogP contribution in [0, 0.1) is 22.7 Å². The van der Waals surface area contributed by atoms with Gasteiger partial charge in [0.25, 0.3) is 0 Å². The molecule has 3 nitrogen and oxygen atoms in total. The van der Waals surface area contributed by atoms with E-state index in [1.54, 1.807) is 12.1 Å². The van der Waals surface area contributed by atoms with Gasteiger partial charge in [0.05, 0.1) is 11.1 Å². The summed E-state index contributed by atoms with van der Waals surface area (Å²) in [6.07, 6.45) is 0. The molecule has 2 heterocycles. The Morgan fingerprint density at radius 1 is 0.367 bits per heavy atom. The maximum Gasteiger partial charge on any atom is 0.101 e. The average Bonchev–Trinajstić information content (AvgIpc) is 3.73. The van der Waals surface area contributed by atoms with Crippen LogP contribution in [-0.2, 0) is 0 Å². The summed E-state index contributed by atoms with van der Waals surface area (Å²) in [6, 6.07) is 57.4. The second kappa shape index (κ2) is 11.8. The van der Waals surface area contributed by atoms with E-state index >= 15 is 0 Å². The van der Waals surface area contributed by atoms with E-state index in [2.05, 4.69) is 150 Å². The van der Waals surface area contributed by atoms with Gasteiger partial charge in [-0.1, -0.05) is 72.8 Å². The molecule has 0 aliphatic heterocycles. The van der Waals surface area contributed by atoms with Gasteiger partial charge in [0.2, 0.25) is 0 Å². The molecular weight excluding hydrogens is 635 g/mol. The molecule has 7 aromatic carbocycles. The van der Waals surface area contributed by atoms with Crippen LogP contribution >= 0.6 is 22.7 Å². The number of hydrogen-bond donors (Lipinski definition) is 0. The van der Waals surface area contributed by atoms with Crippen LogP contribution in [-0.4, -0.2) is 0 Å². The molecule has 0 radical (unpaired) electrons. The minimum Gasteiger partial charge on any atom is -0.310 e. The Morgan fingerprint density at radius 3 is 1.29 bits per heavy atom. The van der Waals surface area contributed by atoms with Crippen molar-refractivity contribution < 1.29 is 0 Å². The van der Waals surface area contributed by atoms with Gasteiger partial charge in [-0.25, -0.2) is 0 Å². The Morgan fingerprint density at radius 2 is 0.796 bits per heavy atom. The molecule has 9 rings (SSSR count). The van der Waals surface area contributed by atoms with Crippen molar-refractivity contribution in [1.29, 1.82) is 10.5 Å². The van der Waals surface area contributed by atoms with Crippen LogP contribution in [0.2, 0.25) is 0 Å². The highest BCUT2D eigenvalue weighted by Gasteiger charge is 2.16. The molecule has 0 amide bonds. The lowest BCUT2D eigenvalue weighted by Crippen LogP contribution is -2.10. The summed E-state index contributed by atoms with van der Waals surface area (Å²) in [5.74, 6) is 0. The molecule has 0 aliphatic carbocycles. The second-order valence-corrected chi connectivity index (χ2v) is 14.2. The van der Waals surface area contributed by atoms with Crippen LogP contribution in [0.15, 0.2) is 152 Å². The first kappa shape index (κ1) is 28.9. The SMILES string of the molecule is N#Cc1ccc(N(c2ccc(-c3ccc4sc5ccccc5c4c3)cc2)c2ccc(-c3ccc4sc5ccccc5c4c3)cc2)cc1C#N. The topological polar surface area (TPSA) is 50.8 Å². The summed E-state index contributed by atoms with van der Waals surface area (Å²) in [4.78, 5) is 2.14. The van der Waals surface area contributed by atoms with E-state index in [1.165, 1.54) is 51.5 Å². The molecule has 5 heteroatoms. The maximum absolute atomic E-state index is 9.86. The molecule has 0 fully saturated rings. The van der Waals surface area contributed by atoms with Gasteiger partial charge < -0.3 is 4.90 Å². The Kier molecular flexibility index (Phi) is 6.95. The van der Waals surface area contributed by atoms with Crippen molar-refractivity contribution in [2.75, 3.05) is 4.90 Å². The molecule has 0 bridgehead atoms. The summed E-state index contributed by atoms with van der Waals surface area (Å²) in [5, 5.41) is 24.6. The highest BCUT2D eigenvalue weighted by atomic mass is 32.1. The highest BCUT2D eigenvalue weighted by molar-refractivity contribution is 7.26. The van der Waals surface area contributed by atoms with Gasteiger partial charge >= 0.3 is 0 Å². The molecule has 0 spiro atoms. The quantitative estimate of drug-likeness (QED) is 0.185. The molecule has 9 aromatic rings. The van der Waals surface area contributed by atoms with Gasteiger partial charge in [0, 0.05) is 57.4 Å². The monoisotopic (exact) mass is 659 g/mol. The average molecular weight is 660 g/mol. The van der Waals surface area contributed by atoms with Crippen molar-refractivity contribution in [3.8, 4) is 34.4 Å². The molecule has 0 atom stereocenters. The molecule has 2 aromatic heterocycles. The lowest BCUT2D eigenvalue weighted by atomic mass is 10.0. The molecule has 0 saturated heterocycles. The van der Waals surface area contributed by atoms with Crippen LogP contribution in [0.5, 0.6) is 0 Å². The predicted molar refractivity (Wildman–Crippen MR) is 207 cm³/mol. The molecule has 0 N–H and O–H groups in total. The van der Waals surface area contributed by atoms with Crippen LogP contribution in [0.1, 0.15) is 11.1 Å². The summed E-state index contributed by atoms with van der Waals surface area (Å²) in [5.41, 5.74) is 8.04. The summed E-state index contributed by atoms with van der Waals surface area (Å²) >= 11 is 3.65.